The topological polar surface area (TPSA) is 96.2 Å². The zero-order valence-corrected chi connectivity index (χ0v) is 12.6. The van der Waals surface area contributed by atoms with E-state index >= 15 is 0 Å². The van der Waals surface area contributed by atoms with Crippen LogP contribution in [0.3, 0.4) is 0 Å². The lowest BCUT2D eigenvalue weighted by Crippen LogP contribution is -2.11. The number of nitrogens with zero attached hydrogens (tertiary/aromatic N) is 2. The smallest absolute Gasteiger partial charge is 0.340 e. The highest BCUT2D eigenvalue weighted by Crippen LogP contribution is 2.22. The fourth-order valence-corrected chi connectivity index (χ4v) is 2.18. The standard InChI is InChI=1S/C14H17ClN4O2/c1-3-19-12(13(15)8(2)18-19)7-21-14(20)10-5-4-9(16)6-11(10)17/h4-6H,3,7,16-17H2,1-2H3. The number of carbonyl (C=O) groups is 1. The molecule has 1 aromatic carbocycles. The van der Waals surface area contributed by atoms with Gasteiger partial charge in [0.2, 0.25) is 0 Å². The van der Waals surface area contributed by atoms with E-state index in [1.165, 1.54) is 12.1 Å². The van der Waals surface area contributed by atoms with Crippen LogP contribution in [0.1, 0.15) is 28.7 Å². The van der Waals surface area contributed by atoms with Crippen LogP contribution in [0, 0.1) is 6.92 Å². The van der Waals surface area contributed by atoms with Gasteiger partial charge >= 0.3 is 5.97 Å². The van der Waals surface area contributed by atoms with Crippen molar-refractivity contribution in [1.82, 2.24) is 9.78 Å². The van der Waals surface area contributed by atoms with Crippen molar-refractivity contribution in [2.24, 2.45) is 0 Å². The van der Waals surface area contributed by atoms with E-state index in [9.17, 15) is 4.79 Å². The maximum absolute atomic E-state index is 12.1. The van der Waals surface area contributed by atoms with Crippen LogP contribution < -0.4 is 11.5 Å². The summed E-state index contributed by atoms with van der Waals surface area (Å²) in [6.07, 6.45) is 0. The monoisotopic (exact) mass is 308 g/mol. The van der Waals surface area contributed by atoms with E-state index in [1.807, 2.05) is 6.92 Å². The number of aryl methyl sites for hydroxylation is 2. The lowest BCUT2D eigenvalue weighted by Gasteiger charge is -2.09. The predicted molar refractivity (Wildman–Crippen MR) is 82.0 cm³/mol. The summed E-state index contributed by atoms with van der Waals surface area (Å²) in [6.45, 7) is 4.42. The third kappa shape index (κ3) is 3.11. The van der Waals surface area contributed by atoms with Crippen LogP contribution in [0.2, 0.25) is 5.02 Å². The lowest BCUT2D eigenvalue weighted by molar-refractivity contribution is 0.0464. The Labute approximate surface area is 127 Å². The van der Waals surface area contributed by atoms with Gasteiger partial charge in [0.05, 0.1) is 22.0 Å². The van der Waals surface area contributed by atoms with Gasteiger partial charge in [-0.2, -0.15) is 5.10 Å². The van der Waals surface area contributed by atoms with Crippen LogP contribution >= 0.6 is 11.6 Å². The molecule has 21 heavy (non-hydrogen) atoms. The maximum Gasteiger partial charge on any atom is 0.340 e. The maximum atomic E-state index is 12.1. The van der Waals surface area contributed by atoms with E-state index in [4.69, 9.17) is 27.8 Å². The van der Waals surface area contributed by atoms with Crippen LogP contribution in [-0.2, 0) is 17.9 Å². The summed E-state index contributed by atoms with van der Waals surface area (Å²) in [5.41, 5.74) is 13.8. The Hall–Kier alpha value is -2.21. The largest absolute Gasteiger partial charge is 0.455 e. The quantitative estimate of drug-likeness (QED) is 0.668. The van der Waals surface area contributed by atoms with Crippen LogP contribution in [-0.4, -0.2) is 15.7 Å². The zero-order valence-electron chi connectivity index (χ0n) is 11.9. The van der Waals surface area contributed by atoms with E-state index in [-0.39, 0.29) is 17.9 Å². The summed E-state index contributed by atoms with van der Waals surface area (Å²) >= 11 is 6.16. The van der Waals surface area contributed by atoms with E-state index in [2.05, 4.69) is 5.10 Å². The first-order valence-electron chi connectivity index (χ1n) is 6.48. The SMILES string of the molecule is CCn1nc(C)c(Cl)c1COC(=O)c1ccc(N)cc1N. The number of rotatable bonds is 4. The second-order valence-corrected chi connectivity index (χ2v) is 4.96. The molecule has 6 nitrogen and oxygen atoms in total. The summed E-state index contributed by atoms with van der Waals surface area (Å²) in [6, 6.07) is 4.65. The molecule has 1 aromatic heterocycles. The zero-order chi connectivity index (χ0) is 15.6. The van der Waals surface area contributed by atoms with Crippen molar-refractivity contribution in [2.75, 3.05) is 11.5 Å². The summed E-state index contributed by atoms with van der Waals surface area (Å²) in [4.78, 5) is 12.1. The minimum Gasteiger partial charge on any atom is -0.455 e. The van der Waals surface area contributed by atoms with Gasteiger partial charge in [-0.05, 0) is 32.0 Å². The predicted octanol–water partition coefficient (Wildman–Crippen LogP) is 2.39. The molecule has 0 radical (unpaired) electrons. The Morgan fingerprint density at radius 2 is 2.14 bits per heavy atom. The number of aromatic nitrogens is 2. The number of esters is 1. The van der Waals surface area contributed by atoms with Gasteiger partial charge in [-0.15, -0.1) is 0 Å². The first kappa shape index (κ1) is 15.2. The average molecular weight is 309 g/mol. The molecule has 0 spiro atoms. The van der Waals surface area contributed by atoms with E-state index in [1.54, 1.807) is 17.7 Å². The number of hydrogen-bond donors (Lipinski definition) is 2. The van der Waals surface area contributed by atoms with Gasteiger partial charge in [0.25, 0.3) is 0 Å². The van der Waals surface area contributed by atoms with Crippen molar-refractivity contribution < 1.29 is 9.53 Å². The molecular formula is C14H17ClN4O2. The Morgan fingerprint density at radius 1 is 1.43 bits per heavy atom. The molecule has 4 N–H and O–H groups in total. The van der Waals surface area contributed by atoms with Gasteiger partial charge in [-0.1, -0.05) is 11.6 Å². The van der Waals surface area contributed by atoms with Gasteiger partial charge in [0.1, 0.15) is 6.61 Å². The highest BCUT2D eigenvalue weighted by atomic mass is 35.5. The molecule has 7 heteroatoms. The molecule has 0 amide bonds. The third-order valence-electron chi connectivity index (χ3n) is 3.09. The Bertz CT molecular complexity index is 682. The summed E-state index contributed by atoms with van der Waals surface area (Å²) in [5, 5.41) is 4.77. The molecule has 0 aliphatic rings. The molecule has 112 valence electrons. The number of ether oxygens (including phenoxy) is 1. The average Bonchev–Trinajstić information content (AvgIpc) is 2.71. The van der Waals surface area contributed by atoms with Crippen LogP contribution in [0.25, 0.3) is 0 Å². The number of nitrogens with two attached hydrogens (primary N) is 2. The highest BCUT2D eigenvalue weighted by Gasteiger charge is 2.16. The highest BCUT2D eigenvalue weighted by molar-refractivity contribution is 6.31. The molecule has 0 aliphatic carbocycles. The van der Waals surface area contributed by atoms with Crippen LogP contribution in [0.15, 0.2) is 18.2 Å². The number of carbonyl (C=O) groups excluding carboxylic acids is 1. The molecule has 0 saturated heterocycles. The van der Waals surface area contributed by atoms with Gasteiger partial charge in [-0.25, -0.2) is 4.79 Å². The van der Waals surface area contributed by atoms with E-state index < -0.39 is 5.97 Å². The van der Waals surface area contributed by atoms with Crippen LogP contribution in [0.4, 0.5) is 11.4 Å². The third-order valence-corrected chi connectivity index (χ3v) is 3.58. The molecule has 0 atom stereocenters. The molecule has 0 unspecified atom stereocenters. The van der Waals surface area contributed by atoms with E-state index in [0.717, 1.165) is 0 Å². The minimum atomic E-state index is -0.523. The fraction of sp³-hybridized carbons (Fsp3) is 0.286. The first-order chi connectivity index (χ1) is 9.93. The van der Waals surface area contributed by atoms with Crippen LogP contribution in [0.5, 0.6) is 0 Å². The molecule has 0 saturated carbocycles. The second-order valence-electron chi connectivity index (χ2n) is 4.58. The summed E-state index contributed by atoms with van der Waals surface area (Å²) < 4.78 is 6.97. The van der Waals surface area contributed by atoms with Crippen molar-refractivity contribution >= 4 is 28.9 Å². The number of halogens is 1. The summed E-state index contributed by atoms with van der Waals surface area (Å²) in [5.74, 6) is -0.523. The first-order valence-corrected chi connectivity index (χ1v) is 6.85. The van der Waals surface area contributed by atoms with Gasteiger partial charge in [0, 0.05) is 17.9 Å². The van der Waals surface area contributed by atoms with Gasteiger partial charge in [-0.3, -0.25) is 4.68 Å². The minimum absolute atomic E-state index is 0.0379. The van der Waals surface area contributed by atoms with Crippen molar-refractivity contribution in [3.8, 4) is 0 Å². The van der Waals surface area contributed by atoms with Gasteiger partial charge in [0.15, 0.2) is 0 Å². The summed E-state index contributed by atoms with van der Waals surface area (Å²) in [7, 11) is 0. The lowest BCUT2D eigenvalue weighted by atomic mass is 10.1. The normalized spacial score (nSPS) is 10.6. The number of hydrogen-bond acceptors (Lipinski definition) is 5. The number of anilines is 2. The van der Waals surface area contributed by atoms with Crippen molar-refractivity contribution in [1.29, 1.82) is 0 Å². The Kier molecular flexibility index (Phi) is 4.37. The fourth-order valence-electron chi connectivity index (χ4n) is 1.99. The molecule has 2 aromatic rings. The molecule has 0 fully saturated rings. The Morgan fingerprint density at radius 3 is 2.76 bits per heavy atom. The Balaban J connectivity index is 2.14. The van der Waals surface area contributed by atoms with Crippen molar-refractivity contribution in [2.45, 2.75) is 27.0 Å². The van der Waals surface area contributed by atoms with Crippen molar-refractivity contribution in [3.05, 3.63) is 40.2 Å². The number of nitrogen functional groups attached to an aromatic ring is 2. The van der Waals surface area contributed by atoms with Gasteiger partial charge < -0.3 is 16.2 Å². The molecular weight excluding hydrogens is 292 g/mol. The van der Waals surface area contributed by atoms with E-state index in [0.29, 0.717) is 28.6 Å². The molecule has 2 rings (SSSR count). The number of benzene rings is 1. The molecule has 0 bridgehead atoms. The van der Waals surface area contributed by atoms with Crippen molar-refractivity contribution in [3.63, 3.8) is 0 Å². The molecule has 0 aliphatic heterocycles. The second kappa shape index (κ2) is 6.05. The molecule has 1 heterocycles.